The van der Waals surface area contributed by atoms with Crippen LogP contribution in [0.25, 0.3) is 6.08 Å². The van der Waals surface area contributed by atoms with E-state index in [1.165, 1.54) is 0 Å². The van der Waals surface area contributed by atoms with E-state index in [1.54, 1.807) is 13.2 Å². The van der Waals surface area contributed by atoms with Crippen molar-refractivity contribution in [3.05, 3.63) is 69.8 Å². The summed E-state index contributed by atoms with van der Waals surface area (Å²) in [6.45, 7) is 0. The summed E-state index contributed by atoms with van der Waals surface area (Å²) in [5.41, 5.74) is 2.09. The Morgan fingerprint density at radius 2 is 2.00 bits per heavy atom. The van der Waals surface area contributed by atoms with Crippen LogP contribution in [0.1, 0.15) is 11.1 Å². The Hall–Kier alpha value is -2.40. The molecule has 0 saturated carbocycles. The van der Waals surface area contributed by atoms with Crippen LogP contribution in [0, 0.1) is 0 Å². The fourth-order valence-electron chi connectivity index (χ4n) is 2.12. The van der Waals surface area contributed by atoms with Crippen molar-refractivity contribution < 1.29 is 9.53 Å². The van der Waals surface area contributed by atoms with E-state index in [0.717, 1.165) is 21.3 Å². The maximum Gasteiger partial charge on any atom is 0.275 e. The lowest BCUT2D eigenvalue weighted by molar-refractivity contribution is -0.115. The van der Waals surface area contributed by atoms with Gasteiger partial charge in [0.1, 0.15) is 17.3 Å². The normalized spacial score (nSPS) is 15.6. The molecule has 0 aliphatic carbocycles. The highest BCUT2D eigenvalue weighted by molar-refractivity contribution is 9.10. The Balaban J connectivity index is 1.96. The first-order valence-electron chi connectivity index (χ1n) is 6.68. The summed E-state index contributed by atoms with van der Waals surface area (Å²) in [5.74, 6) is 1.04. The average Bonchev–Trinajstić information content (AvgIpc) is 2.91. The number of halogens is 1. The SMILES string of the molecule is COc1cccc(C2=N/C(=C\c3ccccc3Br)C(=O)N2)c1. The summed E-state index contributed by atoms with van der Waals surface area (Å²) in [5, 5.41) is 2.78. The van der Waals surface area contributed by atoms with E-state index < -0.39 is 0 Å². The lowest BCUT2D eigenvalue weighted by atomic mass is 10.2. The van der Waals surface area contributed by atoms with Crippen molar-refractivity contribution in [1.29, 1.82) is 0 Å². The van der Waals surface area contributed by atoms with Crippen molar-refractivity contribution in [2.45, 2.75) is 0 Å². The molecule has 0 spiro atoms. The van der Waals surface area contributed by atoms with Gasteiger partial charge in [0.15, 0.2) is 0 Å². The number of amides is 1. The highest BCUT2D eigenvalue weighted by Crippen LogP contribution is 2.22. The fraction of sp³-hybridized carbons (Fsp3) is 0.0588. The molecule has 110 valence electrons. The molecule has 1 amide bonds. The number of ether oxygens (including phenoxy) is 1. The topological polar surface area (TPSA) is 50.7 Å². The Morgan fingerprint density at radius 1 is 1.18 bits per heavy atom. The van der Waals surface area contributed by atoms with Gasteiger partial charge in [0.25, 0.3) is 5.91 Å². The predicted octanol–water partition coefficient (Wildman–Crippen LogP) is 3.38. The second kappa shape index (κ2) is 6.15. The van der Waals surface area contributed by atoms with Crippen LogP contribution in [-0.4, -0.2) is 18.9 Å². The van der Waals surface area contributed by atoms with Gasteiger partial charge in [0.05, 0.1) is 7.11 Å². The number of amidine groups is 1. The van der Waals surface area contributed by atoms with Crippen LogP contribution >= 0.6 is 15.9 Å². The third-order valence-electron chi connectivity index (χ3n) is 3.24. The molecule has 3 rings (SSSR count). The number of hydrogen-bond donors (Lipinski definition) is 1. The molecule has 0 atom stereocenters. The number of aliphatic imine (C=N–C) groups is 1. The molecular weight excluding hydrogens is 344 g/mol. The first-order valence-corrected chi connectivity index (χ1v) is 7.47. The molecule has 0 aromatic heterocycles. The minimum absolute atomic E-state index is 0.214. The van der Waals surface area contributed by atoms with Gasteiger partial charge in [-0.15, -0.1) is 0 Å². The van der Waals surface area contributed by atoms with Crippen LogP contribution in [-0.2, 0) is 4.79 Å². The molecule has 0 bridgehead atoms. The van der Waals surface area contributed by atoms with Crippen LogP contribution < -0.4 is 10.1 Å². The van der Waals surface area contributed by atoms with Gasteiger partial charge in [-0.25, -0.2) is 4.99 Å². The average molecular weight is 357 g/mol. The fourth-order valence-corrected chi connectivity index (χ4v) is 2.51. The van der Waals surface area contributed by atoms with Gasteiger partial charge in [-0.05, 0) is 29.8 Å². The first-order chi connectivity index (χ1) is 10.7. The van der Waals surface area contributed by atoms with Crippen molar-refractivity contribution in [3.63, 3.8) is 0 Å². The summed E-state index contributed by atoms with van der Waals surface area (Å²) in [4.78, 5) is 16.5. The maximum atomic E-state index is 12.1. The minimum Gasteiger partial charge on any atom is -0.497 e. The molecule has 2 aromatic carbocycles. The van der Waals surface area contributed by atoms with Crippen LogP contribution in [0.4, 0.5) is 0 Å². The van der Waals surface area contributed by atoms with Crippen molar-refractivity contribution >= 4 is 33.7 Å². The molecule has 1 N–H and O–H groups in total. The zero-order valence-corrected chi connectivity index (χ0v) is 13.4. The van der Waals surface area contributed by atoms with Crippen LogP contribution in [0.3, 0.4) is 0 Å². The van der Waals surface area contributed by atoms with Gasteiger partial charge < -0.3 is 10.1 Å². The molecule has 0 saturated heterocycles. The number of carbonyl (C=O) groups is 1. The smallest absolute Gasteiger partial charge is 0.275 e. The van der Waals surface area contributed by atoms with Gasteiger partial charge in [-0.3, -0.25) is 4.79 Å². The van der Waals surface area contributed by atoms with Gasteiger partial charge >= 0.3 is 0 Å². The number of carbonyl (C=O) groups excluding carboxylic acids is 1. The molecule has 5 heteroatoms. The lowest BCUT2D eigenvalue weighted by Gasteiger charge is -2.03. The molecular formula is C17H13BrN2O2. The van der Waals surface area contributed by atoms with E-state index in [-0.39, 0.29) is 5.91 Å². The van der Waals surface area contributed by atoms with Crippen molar-refractivity contribution in [1.82, 2.24) is 5.32 Å². The third-order valence-corrected chi connectivity index (χ3v) is 3.96. The van der Waals surface area contributed by atoms with Crippen molar-refractivity contribution in [3.8, 4) is 5.75 Å². The largest absolute Gasteiger partial charge is 0.497 e. The molecule has 22 heavy (non-hydrogen) atoms. The third kappa shape index (κ3) is 2.94. The first kappa shape index (κ1) is 14.5. The van der Waals surface area contributed by atoms with Crippen molar-refractivity contribution in [2.75, 3.05) is 7.11 Å². The van der Waals surface area contributed by atoms with E-state index in [1.807, 2.05) is 48.5 Å². The highest BCUT2D eigenvalue weighted by Gasteiger charge is 2.21. The molecule has 1 aliphatic heterocycles. The molecule has 1 heterocycles. The lowest BCUT2D eigenvalue weighted by Crippen LogP contribution is -2.24. The van der Waals surface area contributed by atoms with E-state index in [0.29, 0.717) is 11.5 Å². The molecule has 0 unspecified atom stereocenters. The minimum atomic E-state index is -0.214. The zero-order chi connectivity index (χ0) is 15.5. The van der Waals surface area contributed by atoms with Crippen LogP contribution in [0.2, 0.25) is 0 Å². The number of nitrogens with zero attached hydrogens (tertiary/aromatic N) is 1. The molecule has 0 radical (unpaired) electrons. The predicted molar refractivity (Wildman–Crippen MR) is 89.8 cm³/mol. The van der Waals surface area contributed by atoms with Gasteiger partial charge in [-0.2, -0.15) is 0 Å². The Bertz CT molecular complexity index is 797. The summed E-state index contributed by atoms with van der Waals surface area (Å²) in [6.07, 6.45) is 1.76. The van der Waals surface area contributed by atoms with Crippen LogP contribution in [0.15, 0.2) is 63.7 Å². The van der Waals surface area contributed by atoms with Crippen molar-refractivity contribution in [2.24, 2.45) is 4.99 Å². The summed E-state index contributed by atoms with van der Waals surface area (Å²) < 4.78 is 6.11. The summed E-state index contributed by atoms with van der Waals surface area (Å²) >= 11 is 3.46. The summed E-state index contributed by atoms with van der Waals surface area (Å²) in [7, 11) is 1.60. The van der Waals surface area contributed by atoms with E-state index >= 15 is 0 Å². The quantitative estimate of drug-likeness (QED) is 0.857. The Morgan fingerprint density at radius 3 is 2.77 bits per heavy atom. The second-order valence-corrected chi connectivity index (χ2v) is 5.55. The number of nitrogens with one attached hydrogen (secondary N) is 1. The van der Waals surface area contributed by atoms with Gasteiger partial charge in [-0.1, -0.05) is 46.3 Å². The monoisotopic (exact) mass is 356 g/mol. The molecule has 4 nitrogen and oxygen atoms in total. The van der Waals surface area contributed by atoms with E-state index in [9.17, 15) is 4.79 Å². The molecule has 2 aromatic rings. The second-order valence-electron chi connectivity index (χ2n) is 4.70. The van der Waals surface area contributed by atoms with E-state index in [2.05, 4.69) is 26.2 Å². The standard InChI is InChI=1S/C17H13BrN2O2/c1-22-13-7-4-6-12(9-13)16-19-15(17(21)20-16)10-11-5-2-3-8-14(11)18/h2-10H,1H3,(H,19,20,21)/b15-10-. The van der Waals surface area contributed by atoms with Gasteiger partial charge in [0.2, 0.25) is 0 Å². The maximum absolute atomic E-state index is 12.1. The number of hydrogen-bond acceptors (Lipinski definition) is 3. The van der Waals surface area contributed by atoms with E-state index in [4.69, 9.17) is 4.74 Å². The van der Waals surface area contributed by atoms with Crippen LogP contribution in [0.5, 0.6) is 5.75 Å². The Labute approximate surface area is 136 Å². The zero-order valence-electron chi connectivity index (χ0n) is 11.8. The number of rotatable bonds is 3. The molecule has 1 aliphatic rings. The van der Waals surface area contributed by atoms with Gasteiger partial charge in [0, 0.05) is 10.0 Å². The number of benzene rings is 2. The molecule has 0 fully saturated rings. The number of methoxy groups -OCH3 is 1. The Kier molecular flexibility index (Phi) is 4.06. The highest BCUT2D eigenvalue weighted by atomic mass is 79.9. The summed E-state index contributed by atoms with van der Waals surface area (Å²) in [6, 6.07) is 15.1.